The first-order valence-corrected chi connectivity index (χ1v) is 4.04. The van der Waals surface area contributed by atoms with Crippen LogP contribution in [-0.4, -0.2) is 0 Å². The van der Waals surface area contributed by atoms with Crippen molar-refractivity contribution in [2.75, 3.05) is 0 Å². The highest BCUT2D eigenvalue weighted by Crippen LogP contribution is 2.23. The van der Waals surface area contributed by atoms with Gasteiger partial charge in [-0.2, -0.15) is 0 Å². The molecule has 0 bridgehead atoms. The fourth-order valence-corrected chi connectivity index (χ4v) is 1.11. The van der Waals surface area contributed by atoms with Crippen LogP contribution in [0.4, 0.5) is 8.78 Å². The first-order valence-electron chi connectivity index (χ1n) is 3.67. The van der Waals surface area contributed by atoms with E-state index in [-0.39, 0.29) is 10.6 Å². The Labute approximate surface area is 79.7 Å². The lowest BCUT2D eigenvalue weighted by Crippen LogP contribution is -2.26. The Hall–Kier alpha value is -0.710. The number of hydrazine groups is 1. The average Bonchev–Trinajstić information content (AvgIpc) is 2.10. The van der Waals surface area contributed by atoms with Crippen LogP contribution in [0.5, 0.6) is 0 Å². The van der Waals surface area contributed by atoms with Crippen LogP contribution in [0.25, 0.3) is 0 Å². The van der Waals surface area contributed by atoms with Gasteiger partial charge in [0.05, 0.1) is 5.02 Å². The van der Waals surface area contributed by atoms with Gasteiger partial charge in [0.25, 0.3) is 0 Å². The Morgan fingerprint density at radius 1 is 1.38 bits per heavy atom. The van der Waals surface area contributed by atoms with Crippen molar-refractivity contribution in [3.8, 4) is 0 Å². The standard InChI is InChI=1S/C8H9ClF2N2/c1-4(13-12)5-2-8(11)6(9)3-7(5)10/h2-4,13H,12H2,1H3/t4-/m1/s1. The molecule has 0 unspecified atom stereocenters. The monoisotopic (exact) mass is 206 g/mol. The van der Waals surface area contributed by atoms with E-state index in [1.54, 1.807) is 6.92 Å². The molecule has 0 amide bonds. The van der Waals surface area contributed by atoms with E-state index in [0.717, 1.165) is 12.1 Å². The summed E-state index contributed by atoms with van der Waals surface area (Å²) in [6.07, 6.45) is 0. The van der Waals surface area contributed by atoms with Crippen molar-refractivity contribution < 1.29 is 8.78 Å². The summed E-state index contributed by atoms with van der Waals surface area (Å²) in [6.45, 7) is 1.62. The van der Waals surface area contributed by atoms with E-state index in [1.807, 2.05) is 0 Å². The van der Waals surface area contributed by atoms with E-state index in [4.69, 9.17) is 17.4 Å². The maximum Gasteiger partial charge on any atom is 0.142 e. The second-order valence-corrected chi connectivity index (χ2v) is 3.08. The van der Waals surface area contributed by atoms with E-state index < -0.39 is 17.7 Å². The molecule has 2 nitrogen and oxygen atoms in total. The lowest BCUT2D eigenvalue weighted by Gasteiger charge is -2.11. The number of hydrogen-bond acceptors (Lipinski definition) is 2. The third-order valence-corrected chi connectivity index (χ3v) is 2.05. The summed E-state index contributed by atoms with van der Waals surface area (Å²) in [5.74, 6) is 3.86. The third kappa shape index (κ3) is 2.15. The van der Waals surface area contributed by atoms with Crippen molar-refractivity contribution in [2.45, 2.75) is 13.0 Å². The summed E-state index contributed by atoms with van der Waals surface area (Å²) in [6, 6.07) is 1.51. The Bertz CT molecular complexity index is 317. The number of halogens is 3. The topological polar surface area (TPSA) is 38.0 Å². The minimum atomic E-state index is -0.653. The first-order chi connectivity index (χ1) is 6.06. The van der Waals surface area contributed by atoms with Gasteiger partial charge in [-0.1, -0.05) is 11.6 Å². The molecule has 1 aromatic carbocycles. The fourth-order valence-electron chi connectivity index (χ4n) is 0.960. The maximum absolute atomic E-state index is 13.1. The van der Waals surface area contributed by atoms with E-state index in [9.17, 15) is 8.78 Å². The van der Waals surface area contributed by atoms with Gasteiger partial charge >= 0.3 is 0 Å². The van der Waals surface area contributed by atoms with Crippen LogP contribution in [0, 0.1) is 11.6 Å². The smallest absolute Gasteiger partial charge is 0.142 e. The number of benzene rings is 1. The van der Waals surface area contributed by atoms with E-state index in [2.05, 4.69) is 5.43 Å². The molecular formula is C8H9ClF2N2. The average molecular weight is 207 g/mol. The minimum absolute atomic E-state index is 0.157. The molecule has 0 aliphatic heterocycles. The van der Waals surface area contributed by atoms with Gasteiger partial charge in [-0.15, -0.1) is 0 Å². The second kappa shape index (κ2) is 4.00. The number of hydrogen-bond donors (Lipinski definition) is 2. The predicted molar refractivity (Wildman–Crippen MR) is 47.1 cm³/mol. The van der Waals surface area contributed by atoms with Gasteiger partial charge in [-0.25, -0.2) is 8.78 Å². The first kappa shape index (κ1) is 10.4. The van der Waals surface area contributed by atoms with Gasteiger partial charge < -0.3 is 0 Å². The lowest BCUT2D eigenvalue weighted by molar-refractivity contribution is 0.530. The predicted octanol–water partition coefficient (Wildman–Crippen LogP) is 2.14. The van der Waals surface area contributed by atoms with Gasteiger partial charge in [0, 0.05) is 11.6 Å². The molecule has 5 heteroatoms. The molecule has 0 aromatic heterocycles. The summed E-state index contributed by atoms with van der Waals surface area (Å²) >= 11 is 5.37. The largest absolute Gasteiger partial charge is 0.271 e. The molecule has 0 fully saturated rings. The molecule has 0 heterocycles. The molecule has 0 radical (unpaired) electrons. The van der Waals surface area contributed by atoms with Gasteiger partial charge in [0.1, 0.15) is 11.6 Å². The molecule has 0 aliphatic carbocycles. The van der Waals surface area contributed by atoms with Crippen LogP contribution >= 0.6 is 11.6 Å². The second-order valence-electron chi connectivity index (χ2n) is 2.68. The van der Waals surface area contributed by atoms with Crippen molar-refractivity contribution in [1.29, 1.82) is 0 Å². The Kier molecular flexibility index (Phi) is 3.19. The molecule has 0 saturated heterocycles. The van der Waals surface area contributed by atoms with Crippen molar-refractivity contribution >= 4 is 11.6 Å². The molecule has 0 spiro atoms. The van der Waals surface area contributed by atoms with Crippen LogP contribution in [0.15, 0.2) is 12.1 Å². The third-order valence-electron chi connectivity index (χ3n) is 1.76. The summed E-state index contributed by atoms with van der Waals surface area (Å²) in [5, 5.41) is -0.231. The molecule has 1 rings (SSSR count). The minimum Gasteiger partial charge on any atom is -0.271 e. The zero-order chi connectivity index (χ0) is 10.0. The van der Waals surface area contributed by atoms with Gasteiger partial charge in [0.15, 0.2) is 0 Å². The molecular weight excluding hydrogens is 198 g/mol. The van der Waals surface area contributed by atoms with Crippen LogP contribution in [0.1, 0.15) is 18.5 Å². The molecule has 3 N–H and O–H groups in total. The lowest BCUT2D eigenvalue weighted by atomic mass is 10.1. The zero-order valence-corrected chi connectivity index (χ0v) is 7.70. The number of rotatable bonds is 2. The number of nitrogens with two attached hydrogens (primary N) is 1. The Morgan fingerprint density at radius 3 is 2.54 bits per heavy atom. The molecule has 13 heavy (non-hydrogen) atoms. The normalized spacial score (nSPS) is 13.0. The molecule has 1 atom stereocenters. The van der Waals surface area contributed by atoms with Crippen molar-refractivity contribution in [3.05, 3.63) is 34.4 Å². The summed E-state index contributed by atoms with van der Waals surface area (Å²) < 4.78 is 26.0. The molecule has 1 aromatic rings. The SMILES string of the molecule is C[C@@H](NN)c1cc(F)c(Cl)cc1F. The summed E-state index contributed by atoms with van der Waals surface area (Å²) in [5.41, 5.74) is 2.48. The van der Waals surface area contributed by atoms with Crippen molar-refractivity contribution in [1.82, 2.24) is 5.43 Å². The van der Waals surface area contributed by atoms with Crippen LogP contribution in [0.2, 0.25) is 5.02 Å². The van der Waals surface area contributed by atoms with Crippen molar-refractivity contribution in [2.24, 2.45) is 5.84 Å². The molecule has 0 aliphatic rings. The van der Waals surface area contributed by atoms with Gasteiger partial charge in [-0.05, 0) is 19.1 Å². The summed E-state index contributed by atoms with van der Waals surface area (Å²) in [7, 11) is 0. The molecule has 72 valence electrons. The highest BCUT2D eigenvalue weighted by Gasteiger charge is 2.12. The van der Waals surface area contributed by atoms with Crippen molar-refractivity contribution in [3.63, 3.8) is 0 Å². The van der Waals surface area contributed by atoms with Crippen LogP contribution < -0.4 is 11.3 Å². The highest BCUT2D eigenvalue weighted by molar-refractivity contribution is 6.30. The van der Waals surface area contributed by atoms with E-state index in [0.29, 0.717) is 0 Å². The van der Waals surface area contributed by atoms with Crippen LogP contribution in [-0.2, 0) is 0 Å². The van der Waals surface area contributed by atoms with Gasteiger partial charge in [-0.3, -0.25) is 11.3 Å². The number of nitrogens with one attached hydrogen (secondary N) is 1. The fraction of sp³-hybridized carbons (Fsp3) is 0.250. The summed E-state index contributed by atoms with van der Waals surface area (Å²) in [4.78, 5) is 0. The quantitative estimate of drug-likeness (QED) is 0.442. The van der Waals surface area contributed by atoms with E-state index in [1.165, 1.54) is 0 Å². The van der Waals surface area contributed by atoms with Crippen LogP contribution in [0.3, 0.4) is 0 Å². The molecule has 0 saturated carbocycles. The van der Waals surface area contributed by atoms with E-state index >= 15 is 0 Å². The van der Waals surface area contributed by atoms with Gasteiger partial charge in [0.2, 0.25) is 0 Å². The highest BCUT2D eigenvalue weighted by atomic mass is 35.5. The zero-order valence-electron chi connectivity index (χ0n) is 6.94. The maximum atomic E-state index is 13.1. The Balaban J connectivity index is 3.15. The Morgan fingerprint density at radius 2 is 2.00 bits per heavy atom.